The van der Waals surface area contributed by atoms with Gasteiger partial charge in [-0.25, -0.2) is 0 Å². The molecule has 0 saturated carbocycles. The molecule has 2 atom stereocenters. The monoisotopic (exact) mass is 565 g/mol. The van der Waals surface area contributed by atoms with Crippen molar-refractivity contribution in [2.24, 2.45) is 11.0 Å². The number of hydrogen-bond acceptors (Lipinski definition) is 8. The first-order chi connectivity index (χ1) is 18.0. The number of esters is 1. The van der Waals surface area contributed by atoms with E-state index in [2.05, 4.69) is 14.7 Å². The Balaban J connectivity index is 1.80. The van der Waals surface area contributed by atoms with E-state index in [9.17, 15) is 23.8 Å². The van der Waals surface area contributed by atoms with Gasteiger partial charge in [0.25, 0.3) is 10.2 Å². The Kier molecular flexibility index (Phi) is 9.43. The molecule has 0 radical (unpaired) electrons. The number of carbonyl (C=O) groups excluding carboxylic acids is 1. The number of azide groups is 1. The van der Waals surface area contributed by atoms with Crippen LogP contribution in [0.4, 0.5) is 0 Å². The molecule has 14 heteroatoms. The standard InChI is InChI=1S/C25H40BN5O7S/c1-22(2,33)17-28-39(34,35)31-15-20(13-10-14-26-37-23(3,4)24(5,6)38-26)25(18-31,29-30-27)21(32)36-16-19-11-8-7-9-12-19/h7-9,11-12,20,28,33H,10,13-18H2,1-6H3/t20-,25-/m0/s1. The summed E-state index contributed by atoms with van der Waals surface area (Å²) in [6.45, 7) is 10.1. The van der Waals surface area contributed by atoms with Crippen LogP contribution in [0.2, 0.25) is 6.32 Å². The molecule has 1 aromatic rings. The Hall–Kier alpha value is -2.19. The predicted molar refractivity (Wildman–Crippen MR) is 147 cm³/mol. The summed E-state index contributed by atoms with van der Waals surface area (Å²) in [4.78, 5) is 16.4. The number of benzene rings is 1. The van der Waals surface area contributed by atoms with Crippen LogP contribution >= 0.6 is 0 Å². The van der Waals surface area contributed by atoms with Crippen molar-refractivity contribution < 1.29 is 32.4 Å². The van der Waals surface area contributed by atoms with Gasteiger partial charge < -0.3 is 19.2 Å². The lowest BCUT2D eigenvalue weighted by molar-refractivity contribution is -0.152. The zero-order valence-electron chi connectivity index (χ0n) is 23.6. The second-order valence-electron chi connectivity index (χ2n) is 11.9. The number of nitrogens with one attached hydrogen (secondary N) is 1. The third-order valence-corrected chi connectivity index (χ3v) is 9.09. The quantitative estimate of drug-likeness (QED) is 0.129. The van der Waals surface area contributed by atoms with Crippen LogP contribution in [0, 0.1) is 5.92 Å². The molecule has 2 aliphatic heterocycles. The van der Waals surface area contributed by atoms with E-state index in [1.165, 1.54) is 13.8 Å². The lowest BCUT2D eigenvalue weighted by atomic mass is 9.78. The molecule has 1 aromatic carbocycles. The van der Waals surface area contributed by atoms with Crippen molar-refractivity contribution in [3.05, 3.63) is 46.3 Å². The summed E-state index contributed by atoms with van der Waals surface area (Å²) >= 11 is 0. The average Bonchev–Trinajstić information content (AvgIpc) is 3.31. The van der Waals surface area contributed by atoms with Gasteiger partial charge in [-0.3, -0.25) is 4.79 Å². The molecule has 0 unspecified atom stereocenters. The van der Waals surface area contributed by atoms with Crippen molar-refractivity contribution in [2.45, 2.75) is 89.7 Å². The van der Waals surface area contributed by atoms with Crippen molar-refractivity contribution in [3.63, 3.8) is 0 Å². The van der Waals surface area contributed by atoms with Crippen LogP contribution in [-0.4, -0.2) is 72.9 Å². The maximum atomic E-state index is 13.5. The van der Waals surface area contributed by atoms with Crippen LogP contribution in [-0.2, 0) is 35.7 Å². The van der Waals surface area contributed by atoms with Crippen molar-refractivity contribution in [3.8, 4) is 0 Å². The third kappa shape index (κ3) is 7.52. The summed E-state index contributed by atoms with van der Waals surface area (Å²) in [6, 6.07) is 9.04. The molecule has 0 aliphatic carbocycles. The van der Waals surface area contributed by atoms with E-state index in [1.807, 2.05) is 45.9 Å². The highest BCUT2D eigenvalue weighted by molar-refractivity contribution is 7.87. The average molecular weight is 566 g/mol. The number of ether oxygens (including phenoxy) is 1. The van der Waals surface area contributed by atoms with E-state index in [0.29, 0.717) is 19.2 Å². The van der Waals surface area contributed by atoms with Gasteiger partial charge in [0.1, 0.15) is 6.61 Å². The van der Waals surface area contributed by atoms with Crippen molar-refractivity contribution in [1.29, 1.82) is 0 Å². The van der Waals surface area contributed by atoms with Gasteiger partial charge in [0, 0.05) is 24.5 Å². The normalized spacial score (nSPS) is 24.9. The summed E-state index contributed by atoms with van der Waals surface area (Å²) in [5, 5.41) is 13.9. The maximum Gasteiger partial charge on any atom is 0.457 e. The third-order valence-electron chi connectivity index (χ3n) is 7.63. The number of hydrogen-bond donors (Lipinski definition) is 2. The second-order valence-corrected chi connectivity index (χ2v) is 13.7. The summed E-state index contributed by atoms with van der Waals surface area (Å²) in [6.07, 6.45) is 1.40. The van der Waals surface area contributed by atoms with Crippen molar-refractivity contribution in [1.82, 2.24) is 9.03 Å². The molecule has 216 valence electrons. The molecule has 2 heterocycles. The van der Waals surface area contributed by atoms with Crippen molar-refractivity contribution >= 4 is 23.3 Å². The van der Waals surface area contributed by atoms with Crippen LogP contribution in [0.1, 0.15) is 59.9 Å². The zero-order chi connectivity index (χ0) is 29.1. The van der Waals surface area contributed by atoms with Gasteiger partial charge in [0.05, 0.1) is 16.8 Å². The van der Waals surface area contributed by atoms with Crippen LogP contribution < -0.4 is 4.72 Å². The van der Waals surface area contributed by atoms with Gasteiger partial charge in [-0.05, 0) is 71.3 Å². The van der Waals surface area contributed by atoms with E-state index in [4.69, 9.17) is 14.0 Å². The Morgan fingerprint density at radius 1 is 1.26 bits per heavy atom. The molecule has 0 aromatic heterocycles. The molecule has 2 fully saturated rings. The number of aliphatic hydroxyl groups is 1. The highest BCUT2D eigenvalue weighted by Gasteiger charge is 2.56. The van der Waals surface area contributed by atoms with Gasteiger partial charge in [-0.2, -0.15) is 17.4 Å². The van der Waals surface area contributed by atoms with Crippen LogP contribution in [0.25, 0.3) is 10.4 Å². The van der Waals surface area contributed by atoms with E-state index in [1.54, 1.807) is 12.1 Å². The topological polar surface area (TPSA) is 163 Å². The lowest BCUT2D eigenvalue weighted by Crippen LogP contribution is -2.48. The molecule has 3 rings (SSSR count). The smallest absolute Gasteiger partial charge is 0.457 e. The van der Waals surface area contributed by atoms with Gasteiger partial charge >= 0.3 is 13.1 Å². The molecule has 12 nitrogen and oxygen atoms in total. The van der Waals surface area contributed by atoms with Gasteiger partial charge in [0.15, 0.2) is 5.54 Å². The van der Waals surface area contributed by atoms with Gasteiger partial charge in [0.2, 0.25) is 0 Å². The fourth-order valence-electron chi connectivity index (χ4n) is 4.66. The summed E-state index contributed by atoms with van der Waals surface area (Å²) in [5.74, 6) is -1.44. The first kappa shape index (κ1) is 31.3. The summed E-state index contributed by atoms with van der Waals surface area (Å²) in [5.41, 5.74) is 6.17. The SMILES string of the molecule is CC(C)(O)CNS(=O)(=O)N1C[C@H](CCCB2OC(C)(C)C(C)(C)O2)[C@](N=[N+]=[N-])(C(=O)OCc2ccccc2)C1. The summed E-state index contributed by atoms with van der Waals surface area (Å²) < 4.78 is 47.4. The molecule has 0 amide bonds. The number of carbonyl (C=O) groups is 1. The summed E-state index contributed by atoms with van der Waals surface area (Å²) in [7, 11) is -4.56. The van der Waals surface area contributed by atoms with E-state index in [0.717, 1.165) is 9.87 Å². The van der Waals surface area contributed by atoms with Crippen LogP contribution in [0.3, 0.4) is 0 Å². The Morgan fingerprint density at radius 3 is 2.44 bits per heavy atom. The molecule has 2 N–H and O–H groups in total. The highest BCUT2D eigenvalue weighted by Crippen LogP contribution is 2.41. The van der Waals surface area contributed by atoms with Gasteiger partial charge in [-0.15, -0.1) is 0 Å². The fraction of sp³-hybridized carbons (Fsp3) is 0.720. The second kappa shape index (κ2) is 11.7. The zero-order valence-corrected chi connectivity index (χ0v) is 24.4. The first-order valence-electron chi connectivity index (χ1n) is 13.1. The molecule has 39 heavy (non-hydrogen) atoms. The molecule has 2 aliphatic rings. The molecule has 2 saturated heterocycles. The van der Waals surface area contributed by atoms with E-state index < -0.39 is 51.6 Å². The molecule has 0 bridgehead atoms. The Bertz CT molecular complexity index is 1150. The first-order valence-corrected chi connectivity index (χ1v) is 14.6. The highest BCUT2D eigenvalue weighted by atomic mass is 32.2. The molecular weight excluding hydrogens is 525 g/mol. The predicted octanol–water partition coefficient (Wildman–Crippen LogP) is 3.19. The van der Waals surface area contributed by atoms with Crippen LogP contribution in [0.5, 0.6) is 0 Å². The Labute approximate surface area is 231 Å². The van der Waals surface area contributed by atoms with Gasteiger partial charge in [-0.1, -0.05) is 41.9 Å². The van der Waals surface area contributed by atoms with Crippen LogP contribution in [0.15, 0.2) is 35.4 Å². The largest absolute Gasteiger partial charge is 0.460 e. The van der Waals surface area contributed by atoms with Crippen molar-refractivity contribution in [2.75, 3.05) is 19.6 Å². The van der Waals surface area contributed by atoms with E-state index >= 15 is 0 Å². The fourth-order valence-corrected chi connectivity index (χ4v) is 6.12. The van der Waals surface area contributed by atoms with E-state index in [-0.39, 0.29) is 26.2 Å². The minimum absolute atomic E-state index is 0.0489. The molecule has 0 spiro atoms. The minimum atomic E-state index is -4.10. The maximum absolute atomic E-state index is 13.5. The number of nitrogens with zero attached hydrogens (tertiary/aromatic N) is 4. The molecular formula is C25H40BN5O7S. The minimum Gasteiger partial charge on any atom is -0.460 e. The number of rotatable bonds is 12. The Morgan fingerprint density at radius 2 is 1.87 bits per heavy atom. The lowest BCUT2D eigenvalue weighted by Gasteiger charge is -2.32.